The Morgan fingerprint density at radius 1 is 1.13 bits per heavy atom. The molecule has 0 aliphatic rings. The molecule has 0 bridgehead atoms. The molecule has 0 aliphatic carbocycles. The van der Waals surface area contributed by atoms with Crippen molar-refractivity contribution in [3.05, 3.63) is 71.2 Å². The standard InChI is InChI=1S/C22H26N4O3S2/c1-3-25(17-19-8-5-4-6-9-19)20-10-11-21(18(2)16-20)23-24-22-26(13-14-30-22)12-7-15-31(27,28)29/h4-6,8-11,13-14,16H,3,7,12,15,17H2,1-2H3. The van der Waals surface area contributed by atoms with Gasteiger partial charge in [0.15, 0.2) is 0 Å². The Morgan fingerprint density at radius 2 is 1.90 bits per heavy atom. The third-order valence-electron chi connectivity index (χ3n) is 4.84. The Balaban J connectivity index is 1.69. The zero-order chi connectivity index (χ0) is 22.3. The summed E-state index contributed by atoms with van der Waals surface area (Å²) in [5.74, 6) is -0.385. The largest absolute Gasteiger partial charge is 0.748 e. The molecule has 0 aliphatic heterocycles. The SMILES string of the molecule is CCN(Cc1ccccc1)c1ccc(N=Nc2scc[n+]2CCCS(=O)(=O)[O-])c(C)c1. The lowest BCUT2D eigenvalue weighted by Crippen LogP contribution is -2.32. The molecule has 0 N–H and O–H groups in total. The summed E-state index contributed by atoms with van der Waals surface area (Å²) >= 11 is 1.41. The summed E-state index contributed by atoms with van der Waals surface area (Å²) in [5.41, 5.74) is 4.19. The van der Waals surface area contributed by atoms with Gasteiger partial charge in [-0.2, -0.15) is 0 Å². The van der Waals surface area contributed by atoms with E-state index in [0.717, 1.165) is 30.0 Å². The second-order valence-corrected chi connectivity index (χ2v) is 9.56. The van der Waals surface area contributed by atoms with Crippen LogP contribution in [0.25, 0.3) is 0 Å². The lowest BCUT2D eigenvalue weighted by Gasteiger charge is -2.23. The molecule has 31 heavy (non-hydrogen) atoms. The summed E-state index contributed by atoms with van der Waals surface area (Å²) in [6.45, 7) is 6.28. The maximum Gasteiger partial charge on any atom is 0.408 e. The van der Waals surface area contributed by atoms with Gasteiger partial charge in [-0.05, 0) is 66.0 Å². The van der Waals surface area contributed by atoms with Crippen molar-refractivity contribution in [2.45, 2.75) is 33.4 Å². The summed E-state index contributed by atoms with van der Waals surface area (Å²) in [4.78, 5) is 2.31. The third kappa shape index (κ3) is 6.95. The summed E-state index contributed by atoms with van der Waals surface area (Å²) in [6.07, 6.45) is 2.06. The number of nitrogens with zero attached hydrogens (tertiary/aromatic N) is 4. The van der Waals surface area contributed by atoms with E-state index in [1.54, 1.807) is 0 Å². The summed E-state index contributed by atoms with van der Waals surface area (Å²) < 4.78 is 34.2. The zero-order valence-corrected chi connectivity index (χ0v) is 19.3. The zero-order valence-electron chi connectivity index (χ0n) is 17.6. The minimum Gasteiger partial charge on any atom is -0.748 e. The van der Waals surface area contributed by atoms with Crippen LogP contribution in [0.1, 0.15) is 24.5 Å². The van der Waals surface area contributed by atoms with Gasteiger partial charge in [0.2, 0.25) is 0 Å². The maximum absolute atomic E-state index is 10.8. The molecule has 1 aromatic heterocycles. The van der Waals surface area contributed by atoms with Crippen LogP contribution in [0.15, 0.2) is 70.3 Å². The number of aromatic nitrogens is 1. The molecular weight excluding hydrogens is 432 g/mol. The predicted octanol–water partition coefficient (Wildman–Crippen LogP) is 4.72. The molecular formula is C22H26N4O3S2. The Bertz CT molecular complexity index is 1130. The van der Waals surface area contributed by atoms with Crippen LogP contribution in [0.2, 0.25) is 0 Å². The second-order valence-electron chi connectivity index (χ2n) is 7.16. The fourth-order valence-corrected chi connectivity index (χ4v) is 4.38. The number of anilines is 1. The fourth-order valence-electron chi connectivity index (χ4n) is 3.19. The van der Waals surface area contributed by atoms with Gasteiger partial charge in [-0.25, -0.2) is 13.0 Å². The van der Waals surface area contributed by atoms with Gasteiger partial charge >= 0.3 is 5.13 Å². The Hall–Kier alpha value is -2.62. The van der Waals surface area contributed by atoms with Crippen LogP contribution in [-0.2, 0) is 23.2 Å². The number of aryl methyl sites for hydroxylation is 2. The lowest BCUT2D eigenvalue weighted by atomic mass is 10.1. The highest BCUT2D eigenvalue weighted by Gasteiger charge is 2.13. The number of hydrogen-bond donors (Lipinski definition) is 0. The first-order chi connectivity index (χ1) is 14.9. The average molecular weight is 459 g/mol. The topological polar surface area (TPSA) is 89.0 Å². The van der Waals surface area contributed by atoms with Crippen molar-refractivity contribution >= 4 is 38.0 Å². The first-order valence-electron chi connectivity index (χ1n) is 10.1. The van der Waals surface area contributed by atoms with Crippen LogP contribution in [0.4, 0.5) is 16.5 Å². The Morgan fingerprint density at radius 3 is 2.58 bits per heavy atom. The molecule has 0 fully saturated rings. The van der Waals surface area contributed by atoms with Gasteiger partial charge in [0.1, 0.15) is 11.9 Å². The molecule has 0 saturated heterocycles. The highest BCUT2D eigenvalue weighted by atomic mass is 32.2. The second kappa shape index (κ2) is 10.6. The average Bonchev–Trinajstić information content (AvgIpc) is 3.18. The van der Waals surface area contributed by atoms with Crippen LogP contribution in [-0.4, -0.2) is 25.3 Å². The van der Waals surface area contributed by atoms with E-state index >= 15 is 0 Å². The minimum atomic E-state index is -4.20. The van der Waals surface area contributed by atoms with Crippen molar-refractivity contribution in [2.75, 3.05) is 17.2 Å². The summed E-state index contributed by atoms with van der Waals surface area (Å²) in [7, 11) is -4.20. The molecule has 0 unspecified atom stereocenters. The van der Waals surface area contributed by atoms with Gasteiger partial charge in [0.05, 0.1) is 21.8 Å². The molecule has 0 atom stereocenters. The van der Waals surface area contributed by atoms with Gasteiger partial charge in [-0.15, -0.1) is 0 Å². The predicted molar refractivity (Wildman–Crippen MR) is 122 cm³/mol. The van der Waals surface area contributed by atoms with Crippen LogP contribution >= 0.6 is 11.3 Å². The van der Waals surface area contributed by atoms with Crippen molar-refractivity contribution < 1.29 is 17.5 Å². The maximum atomic E-state index is 10.8. The molecule has 0 spiro atoms. The van der Waals surface area contributed by atoms with E-state index in [1.165, 1.54) is 16.9 Å². The van der Waals surface area contributed by atoms with Crippen LogP contribution in [0, 0.1) is 6.92 Å². The van der Waals surface area contributed by atoms with Crippen molar-refractivity contribution in [1.29, 1.82) is 0 Å². The number of hydrogen-bond acceptors (Lipinski definition) is 7. The minimum absolute atomic E-state index is 0.248. The first-order valence-corrected chi connectivity index (χ1v) is 12.5. The first kappa shape index (κ1) is 23.1. The normalized spacial score (nSPS) is 11.8. The molecule has 9 heteroatoms. The van der Waals surface area contributed by atoms with E-state index in [2.05, 4.69) is 46.3 Å². The van der Waals surface area contributed by atoms with E-state index in [-0.39, 0.29) is 12.2 Å². The fraction of sp³-hybridized carbons (Fsp3) is 0.318. The van der Waals surface area contributed by atoms with Gasteiger partial charge < -0.3 is 9.45 Å². The quantitative estimate of drug-likeness (QED) is 0.250. The highest BCUT2D eigenvalue weighted by Crippen LogP contribution is 2.27. The molecule has 2 aromatic carbocycles. The molecule has 1 heterocycles. The highest BCUT2D eigenvalue weighted by molar-refractivity contribution is 7.85. The van der Waals surface area contributed by atoms with Crippen molar-refractivity contribution in [2.24, 2.45) is 10.2 Å². The smallest absolute Gasteiger partial charge is 0.408 e. The van der Waals surface area contributed by atoms with Crippen molar-refractivity contribution in [1.82, 2.24) is 0 Å². The van der Waals surface area contributed by atoms with Gasteiger partial charge in [0.25, 0.3) is 0 Å². The van der Waals surface area contributed by atoms with Crippen LogP contribution in [0.3, 0.4) is 0 Å². The monoisotopic (exact) mass is 458 g/mol. The molecule has 0 amide bonds. The van der Waals surface area contributed by atoms with Crippen LogP contribution < -0.4 is 9.47 Å². The lowest BCUT2D eigenvalue weighted by molar-refractivity contribution is -0.680. The molecule has 3 rings (SSSR count). The molecule has 0 radical (unpaired) electrons. The van der Waals surface area contributed by atoms with E-state index in [9.17, 15) is 13.0 Å². The van der Waals surface area contributed by atoms with E-state index in [0.29, 0.717) is 11.7 Å². The number of thiazole rings is 1. The van der Waals surface area contributed by atoms with Crippen LogP contribution in [0.5, 0.6) is 0 Å². The number of azo groups is 1. The molecule has 0 saturated carbocycles. The Labute approximate surface area is 187 Å². The third-order valence-corrected chi connectivity index (χ3v) is 6.41. The van der Waals surface area contributed by atoms with Gasteiger partial charge in [-0.1, -0.05) is 30.3 Å². The van der Waals surface area contributed by atoms with E-state index < -0.39 is 10.1 Å². The number of benzene rings is 2. The van der Waals surface area contributed by atoms with Crippen molar-refractivity contribution in [3.8, 4) is 0 Å². The molecule has 3 aromatic rings. The Kier molecular flexibility index (Phi) is 7.89. The summed E-state index contributed by atoms with van der Waals surface area (Å²) in [5, 5.41) is 11.3. The van der Waals surface area contributed by atoms with E-state index in [1.807, 2.05) is 47.3 Å². The number of rotatable bonds is 10. The summed E-state index contributed by atoms with van der Waals surface area (Å²) in [6, 6.07) is 16.5. The van der Waals surface area contributed by atoms with Gasteiger partial charge in [-0.3, -0.25) is 0 Å². The van der Waals surface area contributed by atoms with Crippen molar-refractivity contribution in [3.63, 3.8) is 0 Å². The molecule has 7 nitrogen and oxygen atoms in total. The van der Waals surface area contributed by atoms with E-state index in [4.69, 9.17) is 0 Å². The van der Waals surface area contributed by atoms with Gasteiger partial charge in [0, 0.05) is 29.9 Å². The molecule has 164 valence electrons.